The Morgan fingerprint density at radius 3 is 2.53 bits per heavy atom. The first-order chi connectivity index (χ1) is 14.1. The average molecular weight is 440 g/mol. The number of carbonyl (C=O) groups is 1. The van der Waals surface area contributed by atoms with Crippen LogP contribution < -0.4 is 5.56 Å². The quantitative estimate of drug-likeness (QED) is 0.622. The SMILES string of the molecule is N#CC1(CC(=O)Cn2c(COCC(F)(F)F)nc(-c3ccc(Cl)cc3)cc2=O)CC1. The van der Waals surface area contributed by atoms with Crippen LogP contribution in [0.3, 0.4) is 0 Å². The molecule has 1 aromatic heterocycles. The van der Waals surface area contributed by atoms with Gasteiger partial charge < -0.3 is 4.74 Å². The van der Waals surface area contributed by atoms with Crippen LogP contribution in [0.25, 0.3) is 11.3 Å². The summed E-state index contributed by atoms with van der Waals surface area (Å²) in [6, 6.07) is 9.70. The van der Waals surface area contributed by atoms with Crippen LogP contribution in [0.15, 0.2) is 35.1 Å². The predicted molar refractivity (Wildman–Crippen MR) is 102 cm³/mol. The Labute approximate surface area is 174 Å². The van der Waals surface area contributed by atoms with Crippen molar-refractivity contribution in [2.45, 2.75) is 38.6 Å². The third-order valence-corrected chi connectivity index (χ3v) is 4.94. The number of benzene rings is 1. The van der Waals surface area contributed by atoms with Gasteiger partial charge in [0.2, 0.25) is 0 Å². The molecule has 10 heteroatoms. The zero-order valence-electron chi connectivity index (χ0n) is 15.7. The highest BCUT2D eigenvalue weighted by molar-refractivity contribution is 6.30. The zero-order valence-corrected chi connectivity index (χ0v) is 16.5. The number of nitriles is 1. The van der Waals surface area contributed by atoms with Crippen LogP contribution in [0, 0.1) is 16.7 Å². The van der Waals surface area contributed by atoms with Gasteiger partial charge in [-0.15, -0.1) is 0 Å². The molecule has 1 fully saturated rings. The van der Waals surface area contributed by atoms with Gasteiger partial charge in [0.15, 0.2) is 5.78 Å². The van der Waals surface area contributed by atoms with Gasteiger partial charge >= 0.3 is 6.18 Å². The van der Waals surface area contributed by atoms with Crippen molar-refractivity contribution in [3.05, 3.63) is 51.5 Å². The van der Waals surface area contributed by atoms with Crippen LogP contribution in [0.4, 0.5) is 13.2 Å². The fourth-order valence-corrected chi connectivity index (χ4v) is 3.07. The van der Waals surface area contributed by atoms with Gasteiger partial charge in [0, 0.05) is 23.1 Å². The minimum atomic E-state index is -4.54. The van der Waals surface area contributed by atoms with E-state index in [0.29, 0.717) is 23.4 Å². The minimum Gasteiger partial charge on any atom is -0.364 e. The standard InChI is InChI=1S/C20H17ClF3N3O3/c21-14-3-1-13(2-4-14)16-7-18(29)27(9-15(28)8-19(11-25)5-6-19)17(26-16)10-30-12-20(22,23)24/h1-4,7H,5-6,8-10,12H2. The number of Topliss-reactive ketones (excluding diaryl/α,β-unsaturated/α-hetero) is 1. The Hall–Kier alpha value is -2.70. The molecule has 1 aliphatic carbocycles. The first-order valence-electron chi connectivity index (χ1n) is 9.05. The summed E-state index contributed by atoms with van der Waals surface area (Å²) in [6.07, 6.45) is -3.34. The van der Waals surface area contributed by atoms with Crippen molar-refractivity contribution >= 4 is 17.4 Å². The fraction of sp³-hybridized carbons (Fsp3) is 0.400. The van der Waals surface area contributed by atoms with Crippen molar-refractivity contribution in [3.8, 4) is 17.3 Å². The van der Waals surface area contributed by atoms with E-state index in [1.54, 1.807) is 24.3 Å². The van der Waals surface area contributed by atoms with E-state index in [1.165, 1.54) is 6.07 Å². The van der Waals surface area contributed by atoms with Gasteiger partial charge in [0.1, 0.15) is 19.0 Å². The van der Waals surface area contributed by atoms with Gasteiger partial charge in [-0.1, -0.05) is 23.7 Å². The first kappa shape index (κ1) is 22.0. The van der Waals surface area contributed by atoms with E-state index in [2.05, 4.69) is 15.8 Å². The highest BCUT2D eigenvalue weighted by Crippen LogP contribution is 2.48. The number of carbonyl (C=O) groups excluding carboxylic acids is 1. The van der Waals surface area contributed by atoms with Crippen LogP contribution in [0.1, 0.15) is 25.1 Å². The number of ether oxygens (including phenoxy) is 1. The molecule has 1 saturated carbocycles. The van der Waals surface area contributed by atoms with Crippen LogP contribution in [-0.4, -0.2) is 28.1 Å². The molecule has 0 spiro atoms. The number of rotatable bonds is 8. The van der Waals surface area contributed by atoms with Crippen molar-refractivity contribution in [1.82, 2.24) is 9.55 Å². The summed E-state index contributed by atoms with van der Waals surface area (Å²) in [5.74, 6) is -0.471. The molecular weight excluding hydrogens is 423 g/mol. The fourth-order valence-electron chi connectivity index (χ4n) is 2.95. The number of halogens is 4. The van der Waals surface area contributed by atoms with Gasteiger partial charge in [0.25, 0.3) is 5.56 Å². The molecular formula is C20H17ClF3N3O3. The lowest BCUT2D eigenvalue weighted by atomic mass is 10.0. The van der Waals surface area contributed by atoms with E-state index in [4.69, 9.17) is 16.9 Å². The lowest BCUT2D eigenvalue weighted by Gasteiger charge is -2.15. The van der Waals surface area contributed by atoms with Crippen molar-refractivity contribution in [3.63, 3.8) is 0 Å². The Bertz CT molecular complexity index is 1040. The molecule has 0 saturated heterocycles. The highest BCUT2D eigenvalue weighted by atomic mass is 35.5. The number of aromatic nitrogens is 2. The third kappa shape index (κ3) is 5.68. The number of nitrogens with zero attached hydrogens (tertiary/aromatic N) is 3. The molecule has 6 nitrogen and oxygen atoms in total. The molecule has 0 N–H and O–H groups in total. The molecule has 158 valence electrons. The molecule has 1 aromatic carbocycles. The second kappa shape index (κ2) is 8.58. The highest BCUT2D eigenvalue weighted by Gasteiger charge is 2.44. The molecule has 0 unspecified atom stereocenters. The van der Waals surface area contributed by atoms with Crippen molar-refractivity contribution in [2.24, 2.45) is 5.41 Å². The summed E-state index contributed by atoms with van der Waals surface area (Å²) >= 11 is 5.85. The van der Waals surface area contributed by atoms with Crippen LogP contribution in [-0.2, 0) is 22.7 Å². The topological polar surface area (TPSA) is 85.0 Å². The van der Waals surface area contributed by atoms with Crippen molar-refractivity contribution in [2.75, 3.05) is 6.61 Å². The Morgan fingerprint density at radius 2 is 1.97 bits per heavy atom. The molecule has 3 rings (SSSR count). The van der Waals surface area contributed by atoms with E-state index < -0.39 is 30.4 Å². The number of alkyl halides is 3. The molecule has 0 radical (unpaired) electrons. The summed E-state index contributed by atoms with van der Waals surface area (Å²) in [5, 5.41) is 9.61. The van der Waals surface area contributed by atoms with Crippen LogP contribution in [0.2, 0.25) is 5.02 Å². The number of ketones is 1. The number of hydrogen-bond acceptors (Lipinski definition) is 5. The molecule has 0 aliphatic heterocycles. The van der Waals surface area contributed by atoms with Gasteiger partial charge in [-0.25, -0.2) is 4.98 Å². The predicted octanol–water partition coefficient (Wildman–Crippen LogP) is 3.91. The van der Waals surface area contributed by atoms with Gasteiger partial charge in [0.05, 0.1) is 23.7 Å². The van der Waals surface area contributed by atoms with E-state index in [0.717, 1.165) is 4.57 Å². The summed E-state index contributed by atoms with van der Waals surface area (Å²) < 4.78 is 43.0. The van der Waals surface area contributed by atoms with Gasteiger partial charge in [-0.3, -0.25) is 14.2 Å². The minimum absolute atomic E-state index is 0.0161. The summed E-state index contributed by atoms with van der Waals surface area (Å²) in [5.41, 5.74) is -0.532. The van der Waals surface area contributed by atoms with Gasteiger partial charge in [-0.2, -0.15) is 18.4 Å². The molecule has 1 heterocycles. The lowest BCUT2D eigenvalue weighted by Crippen LogP contribution is -2.30. The first-order valence-corrected chi connectivity index (χ1v) is 9.43. The van der Waals surface area contributed by atoms with E-state index >= 15 is 0 Å². The maximum absolute atomic E-state index is 12.6. The lowest BCUT2D eigenvalue weighted by molar-refractivity contribution is -0.177. The normalized spacial score (nSPS) is 14.9. The smallest absolute Gasteiger partial charge is 0.364 e. The Morgan fingerprint density at radius 1 is 1.30 bits per heavy atom. The molecule has 30 heavy (non-hydrogen) atoms. The largest absolute Gasteiger partial charge is 0.411 e. The summed E-state index contributed by atoms with van der Waals surface area (Å²) in [7, 11) is 0. The summed E-state index contributed by atoms with van der Waals surface area (Å²) in [6.45, 7) is -2.51. The number of hydrogen-bond donors (Lipinski definition) is 0. The van der Waals surface area contributed by atoms with Gasteiger partial charge in [-0.05, 0) is 25.0 Å². The Kier molecular flexibility index (Phi) is 6.29. The van der Waals surface area contributed by atoms with E-state index in [9.17, 15) is 22.8 Å². The van der Waals surface area contributed by atoms with Crippen LogP contribution in [0.5, 0.6) is 0 Å². The zero-order chi connectivity index (χ0) is 21.9. The molecule has 1 aliphatic rings. The second-order valence-corrected chi connectivity index (χ2v) is 7.64. The van der Waals surface area contributed by atoms with Crippen molar-refractivity contribution in [1.29, 1.82) is 5.26 Å². The van der Waals surface area contributed by atoms with Crippen LogP contribution >= 0.6 is 11.6 Å². The molecule has 0 amide bonds. The molecule has 0 bridgehead atoms. The maximum Gasteiger partial charge on any atom is 0.411 e. The van der Waals surface area contributed by atoms with Crippen molar-refractivity contribution < 1.29 is 22.7 Å². The van der Waals surface area contributed by atoms with E-state index in [-0.39, 0.29) is 30.3 Å². The molecule has 2 aromatic rings. The average Bonchev–Trinajstić information content (AvgIpc) is 3.43. The second-order valence-electron chi connectivity index (χ2n) is 7.20. The Balaban J connectivity index is 1.89. The summed E-state index contributed by atoms with van der Waals surface area (Å²) in [4.78, 5) is 29.3. The monoisotopic (exact) mass is 439 g/mol. The molecule has 0 atom stereocenters. The maximum atomic E-state index is 12.6. The van der Waals surface area contributed by atoms with E-state index in [1.807, 2.05) is 0 Å². The third-order valence-electron chi connectivity index (χ3n) is 4.68.